The summed E-state index contributed by atoms with van der Waals surface area (Å²) in [7, 11) is -3.20. The van der Waals surface area contributed by atoms with Gasteiger partial charge in [0, 0.05) is 10.5 Å². The molecule has 0 fully saturated rings. The molecule has 0 aliphatic carbocycles. The van der Waals surface area contributed by atoms with E-state index in [0.29, 0.717) is 10.5 Å². The first-order valence-electron chi connectivity index (χ1n) is 4.23. The van der Waals surface area contributed by atoms with Crippen LogP contribution in [0.15, 0.2) is 27.6 Å². The summed E-state index contributed by atoms with van der Waals surface area (Å²) in [5.41, 5.74) is 6.55. The van der Waals surface area contributed by atoms with Crippen molar-refractivity contribution < 1.29 is 8.42 Å². The van der Waals surface area contributed by atoms with Gasteiger partial charge in [0.05, 0.1) is 10.1 Å². The number of hydrogen-bond donors (Lipinski definition) is 1. The van der Waals surface area contributed by atoms with Crippen LogP contribution in [0, 0.1) is 0 Å². The maximum absolute atomic E-state index is 11.8. The zero-order chi connectivity index (χ0) is 10.5. The normalized spacial score (nSPS) is 28.8. The number of benzene rings is 1. The number of rotatable bonds is 0. The fourth-order valence-electron chi connectivity index (χ4n) is 1.69. The van der Waals surface area contributed by atoms with Crippen LogP contribution in [0.1, 0.15) is 18.5 Å². The second kappa shape index (κ2) is 3.05. The topological polar surface area (TPSA) is 60.2 Å². The molecule has 0 spiro atoms. The summed E-state index contributed by atoms with van der Waals surface area (Å²) in [5, 5.41) is -0.521. The molecule has 0 saturated heterocycles. The number of halogens is 1. The molecule has 1 aliphatic heterocycles. The van der Waals surface area contributed by atoms with Crippen LogP contribution in [-0.2, 0) is 9.84 Å². The largest absolute Gasteiger partial charge is 0.323 e. The van der Waals surface area contributed by atoms with Gasteiger partial charge in [0.25, 0.3) is 0 Å². The number of nitrogens with two attached hydrogens (primary N) is 1. The third-order valence-electron chi connectivity index (χ3n) is 2.63. The summed E-state index contributed by atoms with van der Waals surface area (Å²) >= 11 is 3.30. The molecular weight excluding hydrogens is 266 g/mol. The van der Waals surface area contributed by atoms with E-state index in [2.05, 4.69) is 15.9 Å². The molecule has 14 heavy (non-hydrogen) atoms. The van der Waals surface area contributed by atoms with Crippen LogP contribution in [0.2, 0.25) is 0 Å². The quantitative estimate of drug-likeness (QED) is 0.783. The molecule has 0 unspecified atom stereocenters. The summed E-state index contributed by atoms with van der Waals surface area (Å²) in [5.74, 6) is 0. The van der Waals surface area contributed by atoms with E-state index in [1.165, 1.54) is 0 Å². The Kier molecular flexibility index (Phi) is 2.21. The van der Waals surface area contributed by atoms with Gasteiger partial charge in [-0.3, -0.25) is 0 Å². The lowest BCUT2D eigenvalue weighted by Gasteiger charge is -2.07. The summed E-state index contributed by atoms with van der Waals surface area (Å²) in [6, 6.07) is 4.70. The maximum Gasteiger partial charge on any atom is 0.183 e. The van der Waals surface area contributed by atoms with E-state index in [-0.39, 0.29) is 0 Å². The highest BCUT2D eigenvalue weighted by molar-refractivity contribution is 9.10. The second-order valence-electron chi connectivity index (χ2n) is 3.46. The van der Waals surface area contributed by atoms with Crippen molar-refractivity contribution in [3.63, 3.8) is 0 Å². The molecule has 1 aromatic rings. The summed E-state index contributed by atoms with van der Waals surface area (Å²) in [4.78, 5) is 0.376. The molecule has 2 N–H and O–H groups in total. The lowest BCUT2D eigenvalue weighted by atomic mass is 10.1. The first-order chi connectivity index (χ1) is 6.44. The van der Waals surface area contributed by atoms with E-state index in [4.69, 9.17) is 5.73 Å². The minimum absolute atomic E-state index is 0.376. The van der Waals surface area contributed by atoms with E-state index in [0.717, 1.165) is 4.47 Å². The highest BCUT2D eigenvalue weighted by Gasteiger charge is 2.39. The maximum atomic E-state index is 11.8. The van der Waals surface area contributed by atoms with Gasteiger partial charge in [0.15, 0.2) is 9.84 Å². The summed E-state index contributed by atoms with van der Waals surface area (Å²) < 4.78 is 24.5. The van der Waals surface area contributed by atoms with Crippen molar-refractivity contribution in [2.24, 2.45) is 5.73 Å². The Balaban J connectivity index is 2.75. The Hall–Kier alpha value is -0.390. The molecule has 3 nitrogen and oxygen atoms in total. The van der Waals surface area contributed by atoms with E-state index in [9.17, 15) is 8.42 Å². The molecule has 2 rings (SSSR count). The highest BCUT2D eigenvalue weighted by Crippen LogP contribution is 2.38. The molecular formula is C9H10BrNO2S. The average molecular weight is 276 g/mol. The van der Waals surface area contributed by atoms with Gasteiger partial charge in [-0.25, -0.2) is 8.42 Å². The van der Waals surface area contributed by atoms with Crippen molar-refractivity contribution in [2.45, 2.75) is 23.1 Å². The van der Waals surface area contributed by atoms with E-state index < -0.39 is 21.1 Å². The Morgan fingerprint density at radius 3 is 2.71 bits per heavy atom. The van der Waals surface area contributed by atoms with Crippen LogP contribution in [0.5, 0.6) is 0 Å². The minimum atomic E-state index is -3.20. The fraction of sp³-hybridized carbons (Fsp3) is 0.333. The Morgan fingerprint density at radius 1 is 1.43 bits per heavy atom. The first kappa shape index (κ1) is 10.1. The van der Waals surface area contributed by atoms with Crippen molar-refractivity contribution in [2.75, 3.05) is 0 Å². The predicted octanol–water partition coefficient (Wildman–Crippen LogP) is 1.62. The SMILES string of the molecule is C[C@@H]1[C@@H](N)c2cc(Br)ccc2S1(=O)=O. The van der Waals surface area contributed by atoms with Crippen molar-refractivity contribution in [3.8, 4) is 0 Å². The van der Waals surface area contributed by atoms with Crippen LogP contribution in [0.25, 0.3) is 0 Å². The van der Waals surface area contributed by atoms with Gasteiger partial charge in [-0.1, -0.05) is 15.9 Å². The molecule has 5 heteroatoms. The second-order valence-corrected chi connectivity index (χ2v) is 6.65. The smallest absolute Gasteiger partial charge is 0.183 e. The van der Waals surface area contributed by atoms with Crippen LogP contribution in [0.4, 0.5) is 0 Å². The number of hydrogen-bond acceptors (Lipinski definition) is 3. The van der Waals surface area contributed by atoms with Crippen molar-refractivity contribution in [1.29, 1.82) is 0 Å². The van der Waals surface area contributed by atoms with Gasteiger partial charge < -0.3 is 5.73 Å². The molecule has 1 aliphatic rings. The molecule has 2 atom stereocenters. The van der Waals surface area contributed by atoms with Gasteiger partial charge in [0.1, 0.15) is 0 Å². The Bertz CT molecular complexity index is 484. The van der Waals surface area contributed by atoms with Gasteiger partial charge in [0.2, 0.25) is 0 Å². The standard InChI is InChI=1S/C9H10BrNO2S/c1-5-9(11)7-4-6(10)2-3-8(7)14(5,12)13/h2-5,9H,11H2,1H3/t5-,9-/m1/s1. The molecule has 0 radical (unpaired) electrons. The van der Waals surface area contributed by atoms with Gasteiger partial charge in [-0.15, -0.1) is 0 Å². The lowest BCUT2D eigenvalue weighted by Crippen LogP contribution is -2.23. The Labute approximate surface area is 91.4 Å². The van der Waals surface area contributed by atoms with E-state index >= 15 is 0 Å². The molecule has 0 bridgehead atoms. The highest BCUT2D eigenvalue weighted by atomic mass is 79.9. The number of fused-ring (bicyclic) bond motifs is 1. The van der Waals surface area contributed by atoms with Crippen molar-refractivity contribution >= 4 is 25.8 Å². The van der Waals surface area contributed by atoms with Gasteiger partial charge >= 0.3 is 0 Å². The molecule has 1 aromatic carbocycles. The molecule has 0 aromatic heterocycles. The van der Waals surface area contributed by atoms with Gasteiger partial charge in [-0.05, 0) is 30.7 Å². The third-order valence-corrected chi connectivity index (χ3v) is 5.38. The Morgan fingerprint density at radius 2 is 2.07 bits per heavy atom. The van der Waals surface area contributed by atoms with Crippen molar-refractivity contribution in [1.82, 2.24) is 0 Å². The number of sulfone groups is 1. The fourth-order valence-corrected chi connectivity index (χ4v) is 3.78. The monoisotopic (exact) mass is 275 g/mol. The predicted molar refractivity (Wildman–Crippen MR) is 57.7 cm³/mol. The first-order valence-corrected chi connectivity index (χ1v) is 6.57. The van der Waals surface area contributed by atoms with Crippen LogP contribution in [-0.4, -0.2) is 13.7 Å². The zero-order valence-electron chi connectivity index (χ0n) is 7.57. The van der Waals surface area contributed by atoms with E-state index in [1.54, 1.807) is 25.1 Å². The molecule has 0 saturated carbocycles. The van der Waals surface area contributed by atoms with E-state index in [1.807, 2.05) is 0 Å². The molecule has 0 amide bonds. The third kappa shape index (κ3) is 1.23. The molecule has 1 heterocycles. The summed E-state index contributed by atoms with van der Waals surface area (Å²) in [6.07, 6.45) is 0. The van der Waals surface area contributed by atoms with Crippen LogP contribution in [0.3, 0.4) is 0 Å². The molecule has 76 valence electrons. The summed E-state index contributed by atoms with van der Waals surface area (Å²) in [6.45, 7) is 1.65. The lowest BCUT2D eigenvalue weighted by molar-refractivity contribution is 0.581. The van der Waals surface area contributed by atoms with Crippen LogP contribution >= 0.6 is 15.9 Å². The zero-order valence-corrected chi connectivity index (χ0v) is 9.97. The van der Waals surface area contributed by atoms with Gasteiger partial charge in [-0.2, -0.15) is 0 Å². The van der Waals surface area contributed by atoms with Crippen molar-refractivity contribution in [3.05, 3.63) is 28.2 Å². The average Bonchev–Trinajstić information content (AvgIpc) is 2.28. The van der Waals surface area contributed by atoms with Crippen LogP contribution < -0.4 is 5.73 Å². The minimum Gasteiger partial charge on any atom is -0.323 e.